The van der Waals surface area contributed by atoms with Gasteiger partial charge in [-0.2, -0.15) is 0 Å². The van der Waals surface area contributed by atoms with Gasteiger partial charge < -0.3 is 9.32 Å². The first kappa shape index (κ1) is 10.3. The summed E-state index contributed by atoms with van der Waals surface area (Å²) in [7, 11) is 3.89. The first-order chi connectivity index (χ1) is 6.80. The predicted octanol–water partition coefficient (Wildman–Crippen LogP) is 2.43. The van der Waals surface area contributed by atoms with Gasteiger partial charge in [-0.1, -0.05) is 6.07 Å². The molecule has 0 atom stereocenters. The van der Waals surface area contributed by atoms with Crippen molar-refractivity contribution in [3.05, 3.63) is 49.0 Å². The lowest BCUT2D eigenvalue weighted by atomic mass is 10.5. The number of anilines is 1. The maximum absolute atomic E-state index is 5.02. The first-order valence-corrected chi connectivity index (χ1v) is 4.36. The van der Waals surface area contributed by atoms with Gasteiger partial charge in [0, 0.05) is 32.6 Å². The highest BCUT2D eigenvalue weighted by atomic mass is 16.3. The molecule has 3 nitrogen and oxygen atoms in total. The molecule has 0 aromatic carbocycles. The second-order valence-electron chi connectivity index (χ2n) is 2.87. The lowest BCUT2D eigenvalue weighted by Gasteiger charge is -2.04. The molecule has 0 unspecified atom stereocenters. The molecule has 74 valence electrons. The topological polar surface area (TPSA) is 29.3 Å². The van der Waals surface area contributed by atoms with Gasteiger partial charge in [0.2, 0.25) is 0 Å². The monoisotopic (exact) mass is 190 g/mol. The van der Waals surface area contributed by atoms with Gasteiger partial charge in [0.05, 0.1) is 6.26 Å². The van der Waals surface area contributed by atoms with Crippen molar-refractivity contribution in [3.63, 3.8) is 0 Å². The molecule has 14 heavy (non-hydrogen) atoms. The summed E-state index contributed by atoms with van der Waals surface area (Å²) >= 11 is 0. The zero-order chi connectivity index (χ0) is 10.2. The zero-order valence-corrected chi connectivity index (χ0v) is 8.42. The minimum atomic E-state index is 0.894. The van der Waals surface area contributed by atoms with Gasteiger partial charge in [0.15, 0.2) is 5.88 Å². The van der Waals surface area contributed by atoms with Gasteiger partial charge in [0.25, 0.3) is 0 Å². The van der Waals surface area contributed by atoms with Crippen LogP contribution in [0.2, 0.25) is 0 Å². The van der Waals surface area contributed by atoms with Gasteiger partial charge in [-0.05, 0) is 18.2 Å². The lowest BCUT2D eigenvalue weighted by Crippen LogP contribution is -2.06. The summed E-state index contributed by atoms with van der Waals surface area (Å²) in [4.78, 5) is 5.70. The third-order valence-corrected chi connectivity index (χ3v) is 1.51. The molecule has 2 aromatic rings. The molecule has 0 aliphatic rings. The molecule has 0 bridgehead atoms. The van der Waals surface area contributed by atoms with Crippen molar-refractivity contribution >= 4 is 5.88 Å². The first-order valence-electron chi connectivity index (χ1n) is 4.36. The number of hydrogen-bond donors (Lipinski definition) is 0. The molecular formula is C11H14N2O. The third kappa shape index (κ3) is 3.76. The average molecular weight is 190 g/mol. The summed E-state index contributed by atoms with van der Waals surface area (Å²) in [6.07, 6.45) is 5.16. The number of rotatable bonds is 1. The molecule has 2 heterocycles. The van der Waals surface area contributed by atoms with Crippen LogP contribution in [-0.4, -0.2) is 19.1 Å². The van der Waals surface area contributed by atoms with E-state index in [2.05, 4.69) is 4.98 Å². The number of pyridine rings is 1. The summed E-state index contributed by atoms with van der Waals surface area (Å²) < 4.78 is 5.02. The van der Waals surface area contributed by atoms with Crippen molar-refractivity contribution in [2.24, 2.45) is 0 Å². The van der Waals surface area contributed by atoms with Gasteiger partial charge in [0.1, 0.15) is 0 Å². The number of hydrogen-bond acceptors (Lipinski definition) is 3. The Balaban J connectivity index is 0.000000146. The van der Waals surface area contributed by atoms with Crippen LogP contribution in [0.1, 0.15) is 0 Å². The van der Waals surface area contributed by atoms with Crippen LogP contribution in [0.3, 0.4) is 0 Å². The summed E-state index contributed by atoms with van der Waals surface area (Å²) in [6.45, 7) is 0. The average Bonchev–Trinajstić information content (AvgIpc) is 2.74. The molecule has 0 N–H and O–H groups in total. The molecule has 0 radical (unpaired) electrons. The Morgan fingerprint density at radius 2 is 1.79 bits per heavy atom. The molecule has 0 amide bonds. The number of aromatic nitrogens is 1. The Bertz CT molecular complexity index is 290. The molecule has 0 spiro atoms. The van der Waals surface area contributed by atoms with E-state index in [0.29, 0.717) is 0 Å². The maximum atomic E-state index is 5.02. The SMILES string of the molecule is CN(C)c1ccco1.c1ccncc1. The van der Waals surface area contributed by atoms with E-state index in [1.807, 2.05) is 49.3 Å². The van der Waals surface area contributed by atoms with Crippen LogP contribution in [0.15, 0.2) is 53.4 Å². The van der Waals surface area contributed by atoms with Crippen LogP contribution in [0.5, 0.6) is 0 Å². The largest absolute Gasteiger partial charge is 0.449 e. The van der Waals surface area contributed by atoms with Crippen LogP contribution >= 0.6 is 0 Å². The van der Waals surface area contributed by atoms with Gasteiger partial charge in [-0.3, -0.25) is 4.98 Å². The molecule has 0 fully saturated rings. The molecular weight excluding hydrogens is 176 g/mol. The van der Waals surface area contributed by atoms with Gasteiger partial charge in [-0.15, -0.1) is 0 Å². The summed E-state index contributed by atoms with van der Waals surface area (Å²) in [6, 6.07) is 9.50. The van der Waals surface area contributed by atoms with E-state index in [-0.39, 0.29) is 0 Å². The smallest absolute Gasteiger partial charge is 0.194 e. The predicted molar refractivity (Wildman–Crippen MR) is 57.3 cm³/mol. The Morgan fingerprint density at radius 1 is 1.07 bits per heavy atom. The fourth-order valence-corrected chi connectivity index (χ4v) is 0.837. The highest BCUT2D eigenvalue weighted by Gasteiger charge is 1.92. The van der Waals surface area contributed by atoms with Crippen LogP contribution in [-0.2, 0) is 0 Å². The second-order valence-corrected chi connectivity index (χ2v) is 2.87. The fraction of sp³-hybridized carbons (Fsp3) is 0.182. The zero-order valence-electron chi connectivity index (χ0n) is 8.42. The molecule has 2 aromatic heterocycles. The van der Waals surface area contributed by atoms with Crippen LogP contribution in [0.4, 0.5) is 5.88 Å². The molecule has 0 aliphatic carbocycles. The highest BCUT2D eigenvalue weighted by molar-refractivity contribution is 5.31. The number of nitrogens with zero attached hydrogens (tertiary/aromatic N) is 2. The number of furan rings is 1. The van der Waals surface area contributed by atoms with Crippen molar-refractivity contribution in [2.75, 3.05) is 19.0 Å². The van der Waals surface area contributed by atoms with E-state index in [0.717, 1.165) is 5.88 Å². The summed E-state index contributed by atoms with van der Waals surface area (Å²) in [5.41, 5.74) is 0. The lowest BCUT2D eigenvalue weighted by molar-refractivity contribution is 0.565. The van der Waals surface area contributed by atoms with E-state index >= 15 is 0 Å². The Morgan fingerprint density at radius 3 is 2.00 bits per heavy atom. The summed E-state index contributed by atoms with van der Waals surface area (Å²) in [5, 5.41) is 0. The van der Waals surface area contributed by atoms with Crippen LogP contribution in [0, 0.1) is 0 Å². The fourth-order valence-electron chi connectivity index (χ4n) is 0.837. The van der Waals surface area contributed by atoms with Crippen LogP contribution in [0.25, 0.3) is 0 Å². The van der Waals surface area contributed by atoms with Crippen molar-refractivity contribution in [1.82, 2.24) is 4.98 Å². The van der Waals surface area contributed by atoms with Gasteiger partial charge in [-0.25, -0.2) is 0 Å². The van der Waals surface area contributed by atoms with Crippen molar-refractivity contribution in [2.45, 2.75) is 0 Å². The van der Waals surface area contributed by atoms with E-state index in [9.17, 15) is 0 Å². The van der Waals surface area contributed by atoms with Crippen molar-refractivity contribution in [1.29, 1.82) is 0 Å². The van der Waals surface area contributed by atoms with Crippen molar-refractivity contribution in [3.8, 4) is 0 Å². The minimum absolute atomic E-state index is 0.894. The van der Waals surface area contributed by atoms with E-state index in [1.54, 1.807) is 18.7 Å². The van der Waals surface area contributed by atoms with Crippen LogP contribution < -0.4 is 4.90 Å². The Hall–Kier alpha value is -1.77. The molecule has 3 heteroatoms. The van der Waals surface area contributed by atoms with E-state index in [4.69, 9.17) is 4.42 Å². The Kier molecular flexibility index (Phi) is 4.27. The Labute approximate surface area is 84.0 Å². The summed E-state index contributed by atoms with van der Waals surface area (Å²) in [5.74, 6) is 0.894. The molecule has 0 saturated carbocycles. The minimum Gasteiger partial charge on any atom is -0.449 e. The second kappa shape index (κ2) is 5.80. The maximum Gasteiger partial charge on any atom is 0.194 e. The molecule has 2 rings (SSSR count). The third-order valence-electron chi connectivity index (χ3n) is 1.51. The quantitative estimate of drug-likeness (QED) is 0.691. The highest BCUT2D eigenvalue weighted by Crippen LogP contribution is 2.08. The van der Waals surface area contributed by atoms with Gasteiger partial charge >= 0.3 is 0 Å². The normalized spacial score (nSPS) is 8.71. The molecule has 0 saturated heterocycles. The van der Waals surface area contributed by atoms with E-state index in [1.165, 1.54) is 0 Å². The van der Waals surface area contributed by atoms with E-state index < -0.39 is 0 Å². The molecule has 0 aliphatic heterocycles. The standard InChI is InChI=1S/C6H9NO.C5H5N/c1-7(2)6-4-3-5-8-6;1-2-4-6-5-3-1/h3-5H,1-2H3;1-5H. The van der Waals surface area contributed by atoms with Crippen molar-refractivity contribution < 1.29 is 4.42 Å².